The van der Waals surface area contributed by atoms with Crippen LogP contribution in [0, 0.1) is 6.92 Å². The second kappa shape index (κ2) is 16.7. The zero-order valence-corrected chi connectivity index (χ0v) is 35.5. The monoisotopic (exact) mass is 771 g/mol. The van der Waals surface area contributed by atoms with Gasteiger partial charge in [-0.2, -0.15) is 0 Å². The number of pyridine rings is 1. The first-order valence-electron chi connectivity index (χ1n) is 22.1. The van der Waals surface area contributed by atoms with Crippen LogP contribution < -0.4 is 10.6 Å². The van der Waals surface area contributed by atoms with Gasteiger partial charge in [0.2, 0.25) is 0 Å². The smallest absolute Gasteiger partial charge is 0.0657 e. The molecule has 2 aliphatic carbocycles. The lowest BCUT2D eigenvalue weighted by Crippen LogP contribution is -2.15. The molecular formula is C56H57N3. The van der Waals surface area contributed by atoms with Gasteiger partial charge in [0.05, 0.1) is 23.5 Å². The number of nitrogens with zero attached hydrogens (tertiary/aromatic N) is 1. The summed E-state index contributed by atoms with van der Waals surface area (Å²) >= 11 is 0. The average Bonchev–Trinajstić information content (AvgIpc) is 3.59. The van der Waals surface area contributed by atoms with Crippen molar-refractivity contribution in [1.29, 1.82) is 0 Å². The molecule has 3 nitrogen and oxygen atoms in total. The van der Waals surface area contributed by atoms with E-state index in [1.54, 1.807) is 0 Å². The Hall–Kier alpha value is -5.93. The van der Waals surface area contributed by atoms with Gasteiger partial charge in [-0.1, -0.05) is 123 Å². The molecule has 0 fully saturated rings. The highest BCUT2D eigenvalue weighted by atomic mass is 15.0. The van der Waals surface area contributed by atoms with Gasteiger partial charge >= 0.3 is 0 Å². The molecule has 0 aliphatic heterocycles. The Bertz CT molecular complexity index is 2630. The molecule has 7 aromatic rings. The summed E-state index contributed by atoms with van der Waals surface area (Å²) in [7, 11) is 0. The number of hydrogen-bond donors (Lipinski definition) is 2. The van der Waals surface area contributed by atoms with Gasteiger partial charge in [0.15, 0.2) is 0 Å². The summed E-state index contributed by atoms with van der Waals surface area (Å²) in [5.41, 5.74) is 24.9. The van der Waals surface area contributed by atoms with Crippen LogP contribution in [0.15, 0.2) is 133 Å². The van der Waals surface area contributed by atoms with Crippen molar-refractivity contribution >= 4 is 11.4 Å². The number of aryl methyl sites for hydroxylation is 7. The largest absolute Gasteiger partial charge is 0.377 e. The Morgan fingerprint density at radius 2 is 0.932 bits per heavy atom. The minimum atomic E-state index is -0.0333. The molecule has 296 valence electrons. The second-order valence-corrected chi connectivity index (χ2v) is 16.8. The Morgan fingerprint density at radius 3 is 1.53 bits per heavy atom. The van der Waals surface area contributed by atoms with Gasteiger partial charge in [0.1, 0.15) is 0 Å². The molecule has 2 unspecified atom stereocenters. The average molecular weight is 772 g/mol. The van der Waals surface area contributed by atoms with Gasteiger partial charge in [0.25, 0.3) is 0 Å². The van der Waals surface area contributed by atoms with Crippen molar-refractivity contribution in [3.8, 4) is 44.5 Å². The number of rotatable bonds is 10. The predicted molar refractivity (Wildman–Crippen MR) is 250 cm³/mol. The Morgan fingerprint density at radius 1 is 0.475 bits per heavy atom. The summed E-state index contributed by atoms with van der Waals surface area (Å²) in [5.74, 6) is 0. The van der Waals surface area contributed by atoms with E-state index in [-0.39, 0.29) is 12.1 Å². The van der Waals surface area contributed by atoms with E-state index < -0.39 is 0 Å². The van der Waals surface area contributed by atoms with E-state index in [1.807, 2.05) is 0 Å². The maximum atomic E-state index is 5.34. The lowest BCUT2D eigenvalue weighted by atomic mass is 9.84. The fraction of sp³-hybridized carbons (Fsp3) is 0.268. The lowest BCUT2D eigenvalue weighted by Gasteiger charge is -2.25. The summed E-state index contributed by atoms with van der Waals surface area (Å²) in [6.45, 7) is 11.3. The number of anilines is 2. The summed E-state index contributed by atoms with van der Waals surface area (Å²) in [4.78, 5) is 5.34. The van der Waals surface area contributed by atoms with E-state index in [9.17, 15) is 0 Å². The van der Waals surface area contributed by atoms with Crippen LogP contribution in [0.5, 0.6) is 0 Å². The molecule has 2 N–H and O–H groups in total. The first kappa shape index (κ1) is 38.6. The van der Waals surface area contributed by atoms with Crippen molar-refractivity contribution in [2.24, 2.45) is 0 Å². The minimum Gasteiger partial charge on any atom is -0.377 e. The molecule has 0 saturated heterocycles. The van der Waals surface area contributed by atoms with Gasteiger partial charge in [-0.05, 0) is 174 Å². The SMILES string of the molecule is CCc1cccc(CC)c1NC(C)c1cccc(C(C)Nc2c(C)cc(-c3cccc4c3-c3ccccc3CCC4)cc2-c2cccc3c2-c2ccccc2CCC3)n1. The van der Waals surface area contributed by atoms with Crippen LogP contribution in [-0.2, 0) is 38.5 Å². The van der Waals surface area contributed by atoms with Crippen molar-refractivity contribution in [2.45, 2.75) is 98.1 Å². The molecule has 9 rings (SSSR count). The van der Waals surface area contributed by atoms with Crippen molar-refractivity contribution in [3.05, 3.63) is 184 Å². The maximum Gasteiger partial charge on any atom is 0.0657 e. The first-order chi connectivity index (χ1) is 28.9. The van der Waals surface area contributed by atoms with Gasteiger partial charge < -0.3 is 10.6 Å². The van der Waals surface area contributed by atoms with E-state index in [0.29, 0.717) is 0 Å². The Kier molecular flexibility index (Phi) is 10.9. The van der Waals surface area contributed by atoms with Crippen molar-refractivity contribution in [2.75, 3.05) is 10.6 Å². The van der Waals surface area contributed by atoms with E-state index in [2.05, 4.69) is 179 Å². The van der Waals surface area contributed by atoms with E-state index in [4.69, 9.17) is 4.98 Å². The van der Waals surface area contributed by atoms with Crippen molar-refractivity contribution in [1.82, 2.24) is 4.98 Å². The molecule has 0 saturated carbocycles. The van der Waals surface area contributed by atoms with E-state index >= 15 is 0 Å². The van der Waals surface area contributed by atoms with Gasteiger partial charge in [-0.3, -0.25) is 4.98 Å². The normalized spacial score (nSPS) is 14.1. The number of nitrogens with one attached hydrogen (secondary N) is 2. The van der Waals surface area contributed by atoms with Crippen LogP contribution in [0.25, 0.3) is 44.5 Å². The Labute approximate surface area is 352 Å². The van der Waals surface area contributed by atoms with Crippen LogP contribution >= 0.6 is 0 Å². The number of fused-ring (bicyclic) bond motifs is 6. The minimum absolute atomic E-state index is 0.0333. The number of para-hydroxylation sites is 1. The maximum absolute atomic E-state index is 5.34. The fourth-order valence-corrected chi connectivity index (χ4v) is 9.93. The quantitative estimate of drug-likeness (QED) is 0.145. The molecule has 59 heavy (non-hydrogen) atoms. The van der Waals surface area contributed by atoms with Gasteiger partial charge in [0, 0.05) is 16.9 Å². The van der Waals surface area contributed by atoms with E-state index in [0.717, 1.165) is 56.3 Å². The number of benzene rings is 6. The second-order valence-electron chi connectivity index (χ2n) is 16.8. The summed E-state index contributed by atoms with van der Waals surface area (Å²) in [5, 5.41) is 7.94. The van der Waals surface area contributed by atoms with Crippen LogP contribution in [-0.4, -0.2) is 4.98 Å². The van der Waals surface area contributed by atoms with Crippen LogP contribution in [0.3, 0.4) is 0 Å². The highest BCUT2D eigenvalue weighted by Gasteiger charge is 2.25. The van der Waals surface area contributed by atoms with Crippen molar-refractivity contribution in [3.63, 3.8) is 0 Å². The molecule has 0 bridgehead atoms. The molecule has 3 heteroatoms. The van der Waals surface area contributed by atoms with Crippen LogP contribution in [0.4, 0.5) is 11.4 Å². The molecular weight excluding hydrogens is 715 g/mol. The standard InChI is InChI=1S/C56H57N3/c1-6-39-20-12-21-40(7-2)56(39)58-38(5)52-33-17-32-51(59-52)37(4)57-55-36(3)34-45(48-30-15-26-43-24-13-22-41-18-8-10-28-46(41)53(43)48)35-50(55)49-31-16-27-44-25-14-23-42-19-9-11-29-47(42)54(44)49/h8-12,15-21,26-35,37-38,57-58H,6-7,13-14,22-25H2,1-5H3. The molecule has 6 aromatic carbocycles. The number of aromatic nitrogens is 1. The zero-order chi connectivity index (χ0) is 40.5. The fourth-order valence-electron chi connectivity index (χ4n) is 9.93. The molecule has 0 amide bonds. The van der Waals surface area contributed by atoms with Crippen LogP contribution in [0.2, 0.25) is 0 Å². The molecule has 1 aromatic heterocycles. The highest BCUT2D eigenvalue weighted by molar-refractivity contribution is 5.97. The molecule has 0 radical (unpaired) electrons. The highest BCUT2D eigenvalue weighted by Crippen LogP contribution is 2.47. The van der Waals surface area contributed by atoms with Gasteiger partial charge in [-0.15, -0.1) is 0 Å². The molecule has 1 heterocycles. The topological polar surface area (TPSA) is 37.0 Å². The molecule has 2 aliphatic rings. The van der Waals surface area contributed by atoms with Crippen molar-refractivity contribution < 1.29 is 0 Å². The zero-order valence-electron chi connectivity index (χ0n) is 35.5. The lowest BCUT2D eigenvalue weighted by molar-refractivity contribution is 0.778. The van der Waals surface area contributed by atoms with E-state index in [1.165, 1.54) is 101 Å². The Balaban J connectivity index is 1.16. The third-order valence-electron chi connectivity index (χ3n) is 13.0. The third kappa shape index (κ3) is 7.48. The first-order valence-corrected chi connectivity index (χ1v) is 22.1. The molecule has 2 atom stereocenters. The summed E-state index contributed by atoms with van der Waals surface area (Å²) < 4.78 is 0. The summed E-state index contributed by atoms with van der Waals surface area (Å²) in [6, 6.07) is 50.2. The predicted octanol–water partition coefficient (Wildman–Crippen LogP) is 14.5. The van der Waals surface area contributed by atoms with Crippen LogP contribution in [0.1, 0.15) is 103 Å². The molecule has 0 spiro atoms. The number of hydrogen-bond acceptors (Lipinski definition) is 3. The summed E-state index contributed by atoms with van der Waals surface area (Å²) in [6.07, 6.45) is 8.69. The third-order valence-corrected chi connectivity index (χ3v) is 13.0. The van der Waals surface area contributed by atoms with Gasteiger partial charge in [-0.25, -0.2) is 0 Å².